The molecule has 4 nitrogen and oxygen atoms in total. The van der Waals surface area contributed by atoms with Gasteiger partial charge in [-0.1, -0.05) is 13.8 Å². The summed E-state index contributed by atoms with van der Waals surface area (Å²) in [7, 11) is 0. The molecular formula is C11H12N2O2. The first-order chi connectivity index (χ1) is 7.24. The number of aromatic amines is 1. The molecule has 2 heterocycles. The number of nitrogens with zero attached hydrogens (tertiary/aromatic N) is 1. The van der Waals surface area contributed by atoms with Crippen LogP contribution in [-0.2, 0) is 0 Å². The Morgan fingerprint density at radius 1 is 1.53 bits per heavy atom. The van der Waals surface area contributed by atoms with Crippen LogP contribution in [0.4, 0.5) is 0 Å². The molecule has 2 aromatic heterocycles. The van der Waals surface area contributed by atoms with Gasteiger partial charge in [0.2, 0.25) is 0 Å². The van der Waals surface area contributed by atoms with Crippen molar-refractivity contribution < 1.29 is 9.21 Å². The van der Waals surface area contributed by atoms with E-state index in [1.165, 1.54) is 0 Å². The van der Waals surface area contributed by atoms with E-state index in [1.54, 1.807) is 18.4 Å². The predicted molar refractivity (Wildman–Crippen MR) is 55.8 cm³/mol. The Balaban J connectivity index is 2.54. The highest BCUT2D eigenvalue weighted by molar-refractivity contribution is 5.86. The van der Waals surface area contributed by atoms with Gasteiger partial charge >= 0.3 is 0 Å². The van der Waals surface area contributed by atoms with Gasteiger partial charge in [0.05, 0.1) is 11.8 Å². The molecule has 2 rings (SSSR count). The van der Waals surface area contributed by atoms with Crippen molar-refractivity contribution >= 4 is 6.29 Å². The van der Waals surface area contributed by atoms with Gasteiger partial charge in [-0.05, 0) is 18.1 Å². The number of aldehydes is 1. The van der Waals surface area contributed by atoms with E-state index < -0.39 is 0 Å². The first kappa shape index (κ1) is 9.71. The van der Waals surface area contributed by atoms with Crippen molar-refractivity contribution in [2.45, 2.75) is 19.8 Å². The summed E-state index contributed by atoms with van der Waals surface area (Å²) in [5.74, 6) is 0.849. The third-order valence-electron chi connectivity index (χ3n) is 2.28. The molecule has 0 radical (unpaired) electrons. The van der Waals surface area contributed by atoms with E-state index in [2.05, 4.69) is 10.2 Å². The monoisotopic (exact) mass is 204 g/mol. The van der Waals surface area contributed by atoms with Crippen molar-refractivity contribution in [3.8, 4) is 11.5 Å². The van der Waals surface area contributed by atoms with E-state index in [0.29, 0.717) is 17.0 Å². The number of hydrogen-bond donors (Lipinski definition) is 1. The molecule has 0 aromatic carbocycles. The summed E-state index contributed by atoms with van der Waals surface area (Å²) < 4.78 is 5.21. The van der Waals surface area contributed by atoms with Gasteiger partial charge in [0, 0.05) is 5.69 Å². The number of carbonyl (C=O) groups is 1. The van der Waals surface area contributed by atoms with Gasteiger partial charge < -0.3 is 4.42 Å². The van der Waals surface area contributed by atoms with Gasteiger partial charge in [-0.25, -0.2) is 0 Å². The zero-order chi connectivity index (χ0) is 10.8. The van der Waals surface area contributed by atoms with Crippen LogP contribution in [-0.4, -0.2) is 16.5 Å². The molecule has 1 N–H and O–H groups in total. The average Bonchev–Trinajstić information content (AvgIpc) is 2.85. The molecule has 0 saturated carbocycles. The van der Waals surface area contributed by atoms with Crippen molar-refractivity contribution in [1.29, 1.82) is 0 Å². The highest BCUT2D eigenvalue weighted by Gasteiger charge is 2.17. The first-order valence-electron chi connectivity index (χ1n) is 4.81. The fourth-order valence-corrected chi connectivity index (χ4v) is 1.52. The molecule has 2 aromatic rings. The maximum absolute atomic E-state index is 11.0. The molecule has 0 spiro atoms. The first-order valence-corrected chi connectivity index (χ1v) is 4.81. The minimum Gasteiger partial charge on any atom is -0.463 e. The summed E-state index contributed by atoms with van der Waals surface area (Å²) >= 11 is 0. The second-order valence-electron chi connectivity index (χ2n) is 3.65. The fraction of sp³-hybridized carbons (Fsp3) is 0.273. The van der Waals surface area contributed by atoms with Crippen LogP contribution in [0.5, 0.6) is 0 Å². The Morgan fingerprint density at radius 3 is 2.87 bits per heavy atom. The highest BCUT2D eigenvalue weighted by atomic mass is 16.3. The summed E-state index contributed by atoms with van der Waals surface area (Å²) in [6.45, 7) is 4.01. The number of aromatic nitrogens is 2. The lowest BCUT2D eigenvalue weighted by Gasteiger charge is -2.00. The van der Waals surface area contributed by atoms with Crippen molar-refractivity contribution in [3.05, 3.63) is 29.7 Å². The molecule has 0 amide bonds. The lowest BCUT2D eigenvalue weighted by atomic mass is 10.0. The van der Waals surface area contributed by atoms with E-state index in [9.17, 15) is 4.79 Å². The number of furan rings is 1. The zero-order valence-electron chi connectivity index (χ0n) is 8.65. The summed E-state index contributed by atoms with van der Waals surface area (Å²) in [4.78, 5) is 11.0. The quantitative estimate of drug-likeness (QED) is 0.782. The second kappa shape index (κ2) is 3.73. The molecule has 0 atom stereocenters. The predicted octanol–water partition coefficient (Wildman–Crippen LogP) is 2.61. The number of carbonyl (C=O) groups excluding carboxylic acids is 1. The number of rotatable bonds is 3. The van der Waals surface area contributed by atoms with Gasteiger partial charge in [0.1, 0.15) is 5.69 Å². The van der Waals surface area contributed by atoms with Gasteiger partial charge in [-0.15, -0.1) is 0 Å². The normalized spacial score (nSPS) is 10.9. The maximum atomic E-state index is 11.0. The van der Waals surface area contributed by atoms with E-state index in [1.807, 2.05) is 13.8 Å². The maximum Gasteiger partial charge on any atom is 0.154 e. The van der Waals surface area contributed by atoms with Crippen molar-refractivity contribution in [2.24, 2.45) is 0 Å². The van der Waals surface area contributed by atoms with Crippen molar-refractivity contribution in [2.75, 3.05) is 0 Å². The van der Waals surface area contributed by atoms with E-state index in [-0.39, 0.29) is 5.92 Å². The molecule has 0 aliphatic carbocycles. The Morgan fingerprint density at radius 2 is 2.33 bits per heavy atom. The summed E-state index contributed by atoms with van der Waals surface area (Å²) in [5, 5.41) is 6.97. The zero-order valence-corrected chi connectivity index (χ0v) is 8.65. The van der Waals surface area contributed by atoms with Crippen LogP contribution < -0.4 is 0 Å². The lowest BCUT2D eigenvalue weighted by molar-refractivity contribution is 0.112. The third kappa shape index (κ3) is 1.58. The average molecular weight is 204 g/mol. The molecular weight excluding hydrogens is 192 g/mol. The van der Waals surface area contributed by atoms with Gasteiger partial charge in [-0.3, -0.25) is 9.89 Å². The Bertz CT molecular complexity index is 455. The van der Waals surface area contributed by atoms with Crippen LogP contribution in [0.3, 0.4) is 0 Å². The van der Waals surface area contributed by atoms with Gasteiger partial charge in [-0.2, -0.15) is 5.10 Å². The molecule has 0 fully saturated rings. The van der Waals surface area contributed by atoms with E-state index >= 15 is 0 Å². The minimum absolute atomic E-state index is 0.237. The van der Waals surface area contributed by atoms with Crippen LogP contribution in [0, 0.1) is 0 Å². The topological polar surface area (TPSA) is 58.9 Å². The highest BCUT2D eigenvalue weighted by Crippen LogP contribution is 2.26. The summed E-state index contributed by atoms with van der Waals surface area (Å²) in [5.41, 5.74) is 2.01. The molecule has 0 unspecified atom stereocenters. The van der Waals surface area contributed by atoms with E-state index in [0.717, 1.165) is 12.0 Å². The van der Waals surface area contributed by atoms with E-state index in [4.69, 9.17) is 4.42 Å². The Hall–Kier alpha value is -1.84. The van der Waals surface area contributed by atoms with Crippen LogP contribution in [0.25, 0.3) is 11.5 Å². The van der Waals surface area contributed by atoms with Crippen LogP contribution in [0.1, 0.15) is 35.8 Å². The largest absolute Gasteiger partial charge is 0.463 e. The molecule has 0 aliphatic rings. The number of hydrogen-bond acceptors (Lipinski definition) is 3. The lowest BCUT2D eigenvalue weighted by Crippen LogP contribution is -1.93. The molecule has 0 bridgehead atoms. The van der Waals surface area contributed by atoms with Crippen LogP contribution in [0.15, 0.2) is 22.8 Å². The second-order valence-corrected chi connectivity index (χ2v) is 3.65. The van der Waals surface area contributed by atoms with Gasteiger partial charge in [0.15, 0.2) is 12.0 Å². The fourth-order valence-electron chi connectivity index (χ4n) is 1.52. The summed E-state index contributed by atoms with van der Waals surface area (Å²) in [6.07, 6.45) is 2.38. The molecule has 78 valence electrons. The molecule has 15 heavy (non-hydrogen) atoms. The molecule has 0 saturated heterocycles. The number of H-pyrrole nitrogens is 1. The smallest absolute Gasteiger partial charge is 0.154 e. The van der Waals surface area contributed by atoms with Crippen molar-refractivity contribution in [1.82, 2.24) is 10.2 Å². The standard InChI is InChI=1S/C11H12N2O2/c1-7(2)10-8(6-14)11(13-12-10)9-4-3-5-15-9/h3-7H,1-2H3,(H,12,13). The number of nitrogens with one attached hydrogen (secondary N) is 1. The SMILES string of the molecule is CC(C)c1[nH]nc(-c2ccco2)c1C=O. The Kier molecular flexibility index (Phi) is 2.41. The minimum atomic E-state index is 0.237. The Labute approximate surface area is 87.3 Å². The third-order valence-corrected chi connectivity index (χ3v) is 2.28. The van der Waals surface area contributed by atoms with Crippen molar-refractivity contribution in [3.63, 3.8) is 0 Å². The van der Waals surface area contributed by atoms with Crippen LogP contribution in [0.2, 0.25) is 0 Å². The molecule has 4 heteroatoms. The molecule has 0 aliphatic heterocycles. The van der Waals surface area contributed by atoms with Gasteiger partial charge in [0.25, 0.3) is 0 Å². The van der Waals surface area contributed by atoms with Crippen LogP contribution >= 0.6 is 0 Å². The summed E-state index contributed by atoms with van der Waals surface area (Å²) in [6, 6.07) is 3.56.